The van der Waals surface area contributed by atoms with Crippen molar-refractivity contribution in [1.82, 2.24) is 9.97 Å². The molecule has 2 rings (SSSR count). The average Bonchev–Trinajstić information content (AvgIpc) is 2.69. The summed E-state index contributed by atoms with van der Waals surface area (Å²) in [5.74, 6) is 0.577. The number of methoxy groups -OCH3 is 1. The van der Waals surface area contributed by atoms with E-state index in [0.29, 0.717) is 12.4 Å². The second-order valence-corrected chi connectivity index (χ2v) is 4.49. The second-order valence-electron chi connectivity index (χ2n) is 3.48. The molecule has 0 aliphatic rings. The minimum Gasteiger partial charge on any atom is -0.390 e. The van der Waals surface area contributed by atoms with Gasteiger partial charge in [0, 0.05) is 12.9 Å². The zero-order valence-electron chi connectivity index (χ0n) is 9.01. The Labute approximate surface area is 98.0 Å². The van der Waals surface area contributed by atoms with Gasteiger partial charge >= 0.3 is 0 Å². The van der Waals surface area contributed by atoms with Crippen LogP contribution in [-0.4, -0.2) is 40.6 Å². The lowest BCUT2D eigenvalue weighted by Crippen LogP contribution is -2.16. The molecule has 0 saturated heterocycles. The van der Waals surface area contributed by atoms with Gasteiger partial charge in [-0.25, -0.2) is 4.98 Å². The van der Waals surface area contributed by atoms with E-state index in [9.17, 15) is 5.11 Å². The number of imidazole rings is 1. The number of hydrogen-bond acceptors (Lipinski definition) is 4. The Bertz CT molecular complexity index is 425. The van der Waals surface area contributed by atoms with E-state index in [4.69, 9.17) is 4.74 Å². The number of nitrogens with one attached hydrogen (secondary N) is 1. The maximum atomic E-state index is 9.50. The molecule has 0 spiro atoms. The number of aliphatic hydroxyl groups excluding tert-OH is 1. The molecule has 1 aromatic heterocycles. The number of benzene rings is 1. The number of rotatable bonds is 5. The van der Waals surface area contributed by atoms with Crippen LogP contribution in [0.3, 0.4) is 0 Å². The van der Waals surface area contributed by atoms with Gasteiger partial charge in [0.1, 0.15) is 0 Å². The third kappa shape index (κ3) is 2.75. The van der Waals surface area contributed by atoms with E-state index in [1.807, 2.05) is 24.3 Å². The van der Waals surface area contributed by atoms with Crippen molar-refractivity contribution in [1.29, 1.82) is 0 Å². The van der Waals surface area contributed by atoms with Gasteiger partial charge in [-0.05, 0) is 12.1 Å². The van der Waals surface area contributed by atoms with E-state index in [2.05, 4.69) is 9.97 Å². The van der Waals surface area contributed by atoms with Crippen LogP contribution in [-0.2, 0) is 4.74 Å². The predicted octanol–water partition coefficient (Wildman–Crippen LogP) is 1.66. The third-order valence-corrected chi connectivity index (χ3v) is 3.16. The molecule has 1 unspecified atom stereocenters. The average molecular weight is 238 g/mol. The largest absolute Gasteiger partial charge is 0.390 e. The molecular formula is C11H14N2O2S. The van der Waals surface area contributed by atoms with Gasteiger partial charge in [0.25, 0.3) is 0 Å². The minimum absolute atomic E-state index is 0.354. The summed E-state index contributed by atoms with van der Waals surface area (Å²) in [6.07, 6.45) is -0.455. The zero-order valence-corrected chi connectivity index (χ0v) is 9.83. The maximum Gasteiger partial charge on any atom is 0.166 e. The molecule has 0 radical (unpaired) electrons. The summed E-state index contributed by atoms with van der Waals surface area (Å²) in [5.41, 5.74) is 1.97. The molecule has 2 N–H and O–H groups in total. The molecule has 0 bridgehead atoms. The van der Waals surface area contributed by atoms with Crippen LogP contribution >= 0.6 is 11.8 Å². The summed E-state index contributed by atoms with van der Waals surface area (Å²) in [6, 6.07) is 7.87. The highest BCUT2D eigenvalue weighted by Crippen LogP contribution is 2.19. The molecule has 0 saturated carbocycles. The van der Waals surface area contributed by atoms with E-state index in [0.717, 1.165) is 16.2 Å². The highest BCUT2D eigenvalue weighted by molar-refractivity contribution is 7.99. The number of aromatic amines is 1. The highest BCUT2D eigenvalue weighted by atomic mass is 32.2. The topological polar surface area (TPSA) is 58.1 Å². The molecule has 0 aliphatic carbocycles. The molecule has 4 nitrogen and oxygen atoms in total. The van der Waals surface area contributed by atoms with E-state index in [1.54, 1.807) is 7.11 Å². The van der Waals surface area contributed by atoms with Gasteiger partial charge in [-0.2, -0.15) is 0 Å². The number of hydrogen-bond donors (Lipinski definition) is 2. The van der Waals surface area contributed by atoms with E-state index < -0.39 is 6.10 Å². The summed E-state index contributed by atoms with van der Waals surface area (Å²) in [6.45, 7) is 0.354. The predicted molar refractivity (Wildman–Crippen MR) is 64.7 cm³/mol. The molecule has 1 aromatic carbocycles. The first kappa shape index (κ1) is 11.4. The van der Waals surface area contributed by atoms with Crippen molar-refractivity contribution in [2.24, 2.45) is 0 Å². The van der Waals surface area contributed by atoms with Gasteiger partial charge in [0.05, 0.1) is 23.7 Å². The maximum absolute atomic E-state index is 9.50. The lowest BCUT2D eigenvalue weighted by molar-refractivity contribution is 0.0794. The van der Waals surface area contributed by atoms with Crippen molar-refractivity contribution < 1.29 is 9.84 Å². The Balaban J connectivity index is 1.99. The molecule has 0 fully saturated rings. The van der Waals surface area contributed by atoms with Crippen LogP contribution in [0.15, 0.2) is 29.4 Å². The molecule has 5 heteroatoms. The van der Waals surface area contributed by atoms with Gasteiger partial charge in [-0.1, -0.05) is 23.9 Å². The third-order valence-electron chi connectivity index (χ3n) is 2.14. The first-order valence-electron chi connectivity index (χ1n) is 5.04. The summed E-state index contributed by atoms with van der Waals surface area (Å²) in [4.78, 5) is 7.59. The van der Waals surface area contributed by atoms with E-state index >= 15 is 0 Å². The molecular weight excluding hydrogens is 224 g/mol. The number of thioether (sulfide) groups is 1. The van der Waals surface area contributed by atoms with Crippen LogP contribution in [0.4, 0.5) is 0 Å². The molecule has 0 aliphatic heterocycles. The van der Waals surface area contributed by atoms with Crippen LogP contribution in [0.25, 0.3) is 11.0 Å². The van der Waals surface area contributed by atoms with Crippen LogP contribution in [0.2, 0.25) is 0 Å². The Kier molecular flexibility index (Phi) is 3.82. The van der Waals surface area contributed by atoms with Gasteiger partial charge in [0.15, 0.2) is 5.16 Å². The smallest absolute Gasteiger partial charge is 0.166 e. The summed E-state index contributed by atoms with van der Waals surface area (Å²) >= 11 is 1.50. The Morgan fingerprint density at radius 1 is 1.50 bits per heavy atom. The van der Waals surface area contributed by atoms with E-state index in [1.165, 1.54) is 11.8 Å². The number of para-hydroxylation sites is 2. The number of nitrogens with zero attached hydrogens (tertiary/aromatic N) is 1. The normalized spacial score (nSPS) is 13.1. The van der Waals surface area contributed by atoms with Crippen molar-refractivity contribution in [3.63, 3.8) is 0 Å². The fourth-order valence-electron chi connectivity index (χ4n) is 1.41. The molecule has 0 amide bonds. The number of H-pyrrole nitrogens is 1. The highest BCUT2D eigenvalue weighted by Gasteiger charge is 2.07. The minimum atomic E-state index is -0.455. The number of ether oxygens (including phenoxy) is 1. The molecule has 2 aromatic rings. The Morgan fingerprint density at radius 3 is 3.06 bits per heavy atom. The van der Waals surface area contributed by atoms with Crippen LogP contribution in [0.5, 0.6) is 0 Å². The first-order valence-corrected chi connectivity index (χ1v) is 6.02. The van der Waals surface area contributed by atoms with Gasteiger partial charge in [-0.15, -0.1) is 0 Å². The molecule has 1 atom stereocenters. The van der Waals surface area contributed by atoms with Crippen molar-refractivity contribution >= 4 is 22.8 Å². The SMILES string of the molecule is COCC(O)CSc1nc2ccccc2[nH]1. The van der Waals surface area contributed by atoms with Crippen molar-refractivity contribution in [3.8, 4) is 0 Å². The fraction of sp³-hybridized carbons (Fsp3) is 0.364. The van der Waals surface area contributed by atoms with Crippen LogP contribution in [0, 0.1) is 0 Å². The van der Waals surface area contributed by atoms with Crippen LogP contribution < -0.4 is 0 Å². The summed E-state index contributed by atoms with van der Waals surface area (Å²) in [7, 11) is 1.58. The number of aliphatic hydroxyl groups is 1. The summed E-state index contributed by atoms with van der Waals surface area (Å²) in [5, 5.41) is 10.3. The Hall–Kier alpha value is -1.04. The quantitative estimate of drug-likeness (QED) is 0.778. The summed E-state index contributed by atoms with van der Waals surface area (Å²) < 4.78 is 4.86. The van der Waals surface area contributed by atoms with Crippen LogP contribution in [0.1, 0.15) is 0 Å². The standard InChI is InChI=1S/C11H14N2O2S/c1-15-6-8(14)7-16-11-12-9-4-2-3-5-10(9)13-11/h2-5,8,14H,6-7H2,1H3,(H,12,13). The second kappa shape index (κ2) is 5.34. The van der Waals surface area contributed by atoms with Gasteiger partial charge in [0.2, 0.25) is 0 Å². The van der Waals surface area contributed by atoms with Crippen molar-refractivity contribution in [2.75, 3.05) is 19.5 Å². The lowest BCUT2D eigenvalue weighted by atomic mass is 10.3. The van der Waals surface area contributed by atoms with Crippen molar-refractivity contribution in [2.45, 2.75) is 11.3 Å². The molecule has 1 heterocycles. The fourth-order valence-corrected chi connectivity index (χ4v) is 2.20. The number of aromatic nitrogens is 2. The van der Waals surface area contributed by atoms with Gasteiger partial charge in [-0.3, -0.25) is 0 Å². The molecule has 16 heavy (non-hydrogen) atoms. The zero-order chi connectivity index (χ0) is 11.4. The Morgan fingerprint density at radius 2 is 2.31 bits per heavy atom. The van der Waals surface area contributed by atoms with Crippen molar-refractivity contribution in [3.05, 3.63) is 24.3 Å². The van der Waals surface area contributed by atoms with Gasteiger partial charge < -0.3 is 14.8 Å². The monoisotopic (exact) mass is 238 g/mol. The van der Waals surface area contributed by atoms with E-state index in [-0.39, 0.29) is 0 Å². The first-order chi connectivity index (χ1) is 7.79. The lowest BCUT2D eigenvalue weighted by Gasteiger charge is -2.06. The molecule has 86 valence electrons. The number of fused-ring (bicyclic) bond motifs is 1.